The van der Waals surface area contributed by atoms with Crippen molar-refractivity contribution < 1.29 is 9.53 Å². The Morgan fingerprint density at radius 1 is 1.62 bits per heavy atom. The van der Waals surface area contributed by atoms with Crippen LogP contribution in [-0.2, 0) is 22.5 Å². The van der Waals surface area contributed by atoms with Crippen LogP contribution in [0.15, 0.2) is 16.6 Å². The van der Waals surface area contributed by atoms with Crippen LogP contribution >= 0.6 is 15.9 Å². The molecule has 0 spiro atoms. The predicted molar refractivity (Wildman–Crippen MR) is 62.5 cm³/mol. The summed E-state index contributed by atoms with van der Waals surface area (Å²) in [5, 5.41) is 8.92. The summed E-state index contributed by atoms with van der Waals surface area (Å²) in [6, 6.07) is 5.54. The Morgan fingerprint density at radius 2 is 2.31 bits per heavy atom. The topological polar surface area (TPSA) is 76.1 Å². The van der Waals surface area contributed by atoms with Gasteiger partial charge in [-0.25, -0.2) is 0 Å². The van der Waals surface area contributed by atoms with Crippen LogP contribution in [0.1, 0.15) is 16.7 Å². The highest BCUT2D eigenvalue weighted by molar-refractivity contribution is 9.10. The average Bonchev–Trinajstić information content (AvgIpc) is 2.31. The van der Waals surface area contributed by atoms with Crippen LogP contribution in [0.3, 0.4) is 0 Å². The lowest BCUT2D eigenvalue weighted by Gasteiger charge is -2.07. The van der Waals surface area contributed by atoms with Crippen molar-refractivity contribution in [2.75, 3.05) is 7.11 Å². The first-order valence-corrected chi connectivity index (χ1v) is 5.40. The Hall–Kier alpha value is -1.38. The number of nitriles is 1. The molecule has 1 aromatic carbocycles. The normalized spacial score (nSPS) is 9.62. The minimum atomic E-state index is -0.348. The Kier molecular flexibility index (Phi) is 4.47. The molecule has 0 aromatic heterocycles. The molecule has 0 heterocycles. The summed E-state index contributed by atoms with van der Waals surface area (Å²) in [4.78, 5) is 11.2. The van der Waals surface area contributed by atoms with Gasteiger partial charge in [-0.15, -0.1) is 0 Å². The Labute approximate surface area is 102 Å². The zero-order chi connectivity index (χ0) is 12.1. The minimum absolute atomic E-state index is 0.125. The van der Waals surface area contributed by atoms with Crippen LogP contribution in [0, 0.1) is 11.3 Å². The first-order valence-electron chi connectivity index (χ1n) is 4.60. The van der Waals surface area contributed by atoms with Gasteiger partial charge < -0.3 is 10.5 Å². The second-order valence-electron chi connectivity index (χ2n) is 3.19. The van der Waals surface area contributed by atoms with Crippen LogP contribution in [-0.4, -0.2) is 13.1 Å². The van der Waals surface area contributed by atoms with E-state index in [1.165, 1.54) is 7.11 Å². The van der Waals surface area contributed by atoms with Gasteiger partial charge in [0.1, 0.15) is 6.07 Å². The number of nitrogens with two attached hydrogens (primary N) is 1. The fourth-order valence-corrected chi connectivity index (χ4v) is 1.76. The van der Waals surface area contributed by atoms with E-state index in [1.54, 1.807) is 12.1 Å². The lowest BCUT2D eigenvalue weighted by Crippen LogP contribution is -2.07. The molecule has 84 valence electrons. The van der Waals surface area contributed by atoms with E-state index < -0.39 is 0 Å². The van der Waals surface area contributed by atoms with Gasteiger partial charge in [-0.1, -0.05) is 6.07 Å². The lowest BCUT2D eigenvalue weighted by molar-refractivity contribution is -0.139. The molecule has 0 bridgehead atoms. The molecule has 1 rings (SSSR count). The quantitative estimate of drug-likeness (QED) is 0.853. The number of hydrogen-bond acceptors (Lipinski definition) is 4. The molecule has 0 aliphatic rings. The fraction of sp³-hybridized carbons (Fsp3) is 0.273. The monoisotopic (exact) mass is 282 g/mol. The molecule has 5 heteroatoms. The smallest absolute Gasteiger partial charge is 0.310 e. The molecule has 0 radical (unpaired) electrons. The summed E-state index contributed by atoms with van der Waals surface area (Å²) in [6.45, 7) is 0.329. The van der Waals surface area contributed by atoms with Gasteiger partial charge in [0.25, 0.3) is 0 Å². The molecule has 16 heavy (non-hydrogen) atoms. The van der Waals surface area contributed by atoms with E-state index in [4.69, 9.17) is 11.0 Å². The first-order chi connectivity index (χ1) is 7.62. The number of carbonyl (C=O) groups is 1. The van der Waals surface area contributed by atoms with E-state index in [2.05, 4.69) is 20.7 Å². The third kappa shape index (κ3) is 2.81. The van der Waals surface area contributed by atoms with Crippen LogP contribution in [0.5, 0.6) is 0 Å². The van der Waals surface area contributed by atoms with E-state index in [0.717, 1.165) is 5.56 Å². The maximum Gasteiger partial charge on any atom is 0.310 e. The highest BCUT2D eigenvalue weighted by Crippen LogP contribution is 2.24. The largest absolute Gasteiger partial charge is 0.469 e. The van der Waals surface area contributed by atoms with Crippen molar-refractivity contribution in [3.8, 4) is 6.07 Å². The zero-order valence-corrected chi connectivity index (χ0v) is 10.4. The van der Waals surface area contributed by atoms with Gasteiger partial charge in [0.15, 0.2) is 0 Å². The van der Waals surface area contributed by atoms with Crippen LogP contribution in [0.4, 0.5) is 0 Å². The van der Waals surface area contributed by atoms with Gasteiger partial charge in [0.2, 0.25) is 0 Å². The number of esters is 1. The number of nitrogens with zero attached hydrogens (tertiary/aromatic N) is 1. The highest BCUT2D eigenvalue weighted by Gasteiger charge is 2.11. The van der Waals surface area contributed by atoms with E-state index >= 15 is 0 Å². The summed E-state index contributed by atoms with van der Waals surface area (Å²) in [5.74, 6) is -0.348. The average molecular weight is 283 g/mol. The number of halogens is 1. The second-order valence-corrected chi connectivity index (χ2v) is 3.98. The SMILES string of the molecule is COC(=O)Cc1cc(CN)cc(C#N)c1Br. The summed E-state index contributed by atoms with van der Waals surface area (Å²) in [6.07, 6.45) is 0.125. The van der Waals surface area contributed by atoms with Crippen molar-refractivity contribution in [2.24, 2.45) is 5.73 Å². The van der Waals surface area contributed by atoms with Gasteiger partial charge in [-0.3, -0.25) is 4.79 Å². The maximum absolute atomic E-state index is 11.2. The van der Waals surface area contributed by atoms with E-state index in [-0.39, 0.29) is 12.4 Å². The molecule has 0 amide bonds. The third-order valence-electron chi connectivity index (χ3n) is 2.13. The number of methoxy groups -OCH3 is 1. The van der Waals surface area contributed by atoms with Crippen molar-refractivity contribution in [1.82, 2.24) is 0 Å². The van der Waals surface area contributed by atoms with Crippen LogP contribution in [0.25, 0.3) is 0 Å². The molecule has 0 saturated carbocycles. The number of rotatable bonds is 3. The molecule has 0 saturated heterocycles. The van der Waals surface area contributed by atoms with E-state index in [9.17, 15) is 4.79 Å². The Morgan fingerprint density at radius 3 is 2.81 bits per heavy atom. The number of hydrogen-bond donors (Lipinski definition) is 1. The molecule has 0 atom stereocenters. The lowest BCUT2D eigenvalue weighted by atomic mass is 10.0. The number of carbonyl (C=O) groups excluding carboxylic acids is 1. The zero-order valence-electron chi connectivity index (χ0n) is 8.79. The predicted octanol–water partition coefficient (Wildman–Crippen LogP) is 1.49. The molecular weight excluding hydrogens is 272 g/mol. The maximum atomic E-state index is 11.2. The van der Waals surface area contributed by atoms with Crippen molar-refractivity contribution >= 4 is 21.9 Å². The van der Waals surface area contributed by atoms with Crippen molar-refractivity contribution in [1.29, 1.82) is 5.26 Å². The van der Waals surface area contributed by atoms with Crippen molar-refractivity contribution in [3.05, 3.63) is 33.3 Å². The van der Waals surface area contributed by atoms with E-state index in [0.29, 0.717) is 22.1 Å². The molecule has 0 aliphatic heterocycles. The summed E-state index contributed by atoms with van der Waals surface area (Å²) < 4.78 is 5.21. The summed E-state index contributed by atoms with van der Waals surface area (Å²) in [5.41, 5.74) is 7.52. The van der Waals surface area contributed by atoms with Crippen molar-refractivity contribution in [2.45, 2.75) is 13.0 Å². The molecule has 0 fully saturated rings. The molecule has 1 aromatic rings. The minimum Gasteiger partial charge on any atom is -0.469 e. The van der Waals surface area contributed by atoms with Gasteiger partial charge >= 0.3 is 5.97 Å². The van der Waals surface area contributed by atoms with Gasteiger partial charge in [-0.2, -0.15) is 5.26 Å². The van der Waals surface area contributed by atoms with Gasteiger partial charge in [0.05, 0.1) is 19.1 Å². The second kappa shape index (κ2) is 5.64. The number of benzene rings is 1. The van der Waals surface area contributed by atoms with Gasteiger partial charge in [-0.05, 0) is 33.1 Å². The summed E-state index contributed by atoms with van der Waals surface area (Å²) in [7, 11) is 1.33. The standard InChI is InChI=1S/C11H11BrN2O2/c1-16-10(15)4-8-2-7(5-13)3-9(6-14)11(8)12/h2-3H,4-5,13H2,1H3. The Balaban J connectivity index is 3.17. The number of ether oxygens (including phenoxy) is 1. The molecule has 0 unspecified atom stereocenters. The molecular formula is C11H11BrN2O2. The van der Waals surface area contributed by atoms with Gasteiger partial charge in [0, 0.05) is 11.0 Å². The fourth-order valence-electron chi connectivity index (χ4n) is 1.31. The van der Waals surface area contributed by atoms with Crippen LogP contribution in [0.2, 0.25) is 0 Å². The highest BCUT2D eigenvalue weighted by atomic mass is 79.9. The summed E-state index contributed by atoms with van der Waals surface area (Å²) >= 11 is 3.29. The van der Waals surface area contributed by atoms with Crippen LogP contribution < -0.4 is 5.73 Å². The first kappa shape index (κ1) is 12.7. The van der Waals surface area contributed by atoms with Crippen molar-refractivity contribution in [3.63, 3.8) is 0 Å². The Bertz CT molecular complexity index is 452. The molecule has 4 nitrogen and oxygen atoms in total. The molecule has 0 aliphatic carbocycles. The van der Waals surface area contributed by atoms with E-state index in [1.807, 2.05) is 6.07 Å². The third-order valence-corrected chi connectivity index (χ3v) is 3.06. The molecule has 2 N–H and O–H groups in total.